The molecule has 2 rings (SSSR count). The predicted octanol–water partition coefficient (Wildman–Crippen LogP) is 4.15. The third-order valence-electron chi connectivity index (χ3n) is 2.81. The van der Waals surface area contributed by atoms with Crippen LogP contribution in [0, 0.1) is 6.92 Å². The molecule has 0 saturated carbocycles. The maximum Gasteiger partial charge on any atom is 0.265 e. The molecule has 0 fully saturated rings. The van der Waals surface area contributed by atoms with Crippen molar-refractivity contribution in [1.82, 2.24) is 0 Å². The van der Waals surface area contributed by atoms with Crippen molar-refractivity contribution in [1.29, 1.82) is 0 Å². The second-order valence-electron chi connectivity index (χ2n) is 4.24. The maximum absolute atomic E-state index is 11.5. The molecule has 6 heteroatoms. The van der Waals surface area contributed by atoms with Gasteiger partial charge in [0.15, 0.2) is 0 Å². The van der Waals surface area contributed by atoms with Gasteiger partial charge in [0, 0.05) is 15.7 Å². The van der Waals surface area contributed by atoms with Crippen LogP contribution in [0.15, 0.2) is 47.4 Å². The molecule has 0 spiro atoms. The smallest absolute Gasteiger partial charge is 0.265 e. The lowest BCUT2D eigenvalue weighted by atomic mass is 10.1. The molecule has 0 aliphatic rings. The molecule has 0 aliphatic heterocycles. The highest BCUT2D eigenvalue weighted by Gasteiger charge is 2.17. The Labute approximate surface area is 127 Å². The van der Waals surface area contributed by atoms with Crippen LogP contribution in [-0.4, -0.2) is 8.42 Å². The van der Waals surface area contributed by atoms with Crippen molar-refractivity contribution in [3.05, 3.63) is 58.6 Å². The summed E-state index contributed by atoms with van der Waals surface area (Å²) in [4.78, 5) is -0.125. The van der Waals surface area contributed by atoms with Crippen molar-refractivity contribution >= 4 is 31.3 Å². The van der Waals surface area contributed by atoms with Crippen molar-refractivity contribution in [3.63, 3.8) is 0 Å². The fourth-order valence-electron chi connectivity index (χ4n) is 1.72. The van der Waals surface area contributed by atoms with Crippen LogP contribution in [0.5, 0.6) is 5.75 Å². The van der Waals surface area contributed by atoms with Gasteiger partial charge in [0.05, 0.1) is 0 Å². The van der Waals surface area contributed by atoms with E-state index in [9.17, 15) is 8.42 Å². The molecule has 0 amide bonds. The topological polar surface area (TPSA) is 43.4 Å². The first-order valence-corrected chi connectivity index (χ1v) is 8.48. The number of aryl methyl sites for hydroxylation is 1. The van der Waals surface area contributed by atoms with Crippen LogP contribution < -0.4 is 4.74 Å². The zero-order valence-electron chi connectivity index (χ0n) is 10.6. The van der Waals surface area contributed by atoms with E-state index in [1.165, 1.54) is 12.1 Å². The van der Waals surface area contributed by atoms with Crippen LogP contribution in [0.2, 0.25) is 5.02 Å². The molecular weight excluding hydrogens is 319 g/mol. The summed E-state index contributed by atoms with van der Waals surface area (Å²) in [7, 11) is 1.47. The third-order valence-corrected chi connectivity index (χ3v) is 4.39. The van der Waals surface area contributed by atoms with Crippen molar-refractivity contribution < 1.29 is 13.2 Å². The molecule has 0 atom stereocenters. The molecular formula is C14H12Cl2O3S. The van der Waals surface area contributed by atoms with Gasteiger partial charge in [-0.15, -0.1) is 0 Å². The van der Waals surface area contributed by atoms with E-state index in [1.54, 1.807) is 6.07 Å². The van der Waals surface area contributed by atoms with Crippen LogP contribution in [0.1, 0.15) is 11.1 Å². The third kappa shape index (κ3) is 3.66. The molecule has 0 bridgehead atoms. The first kappa shape index (κ1) is 15.2. The lowest BCUT2D eigenvalue weighted by Crippen LogP contribution is -2.02. The van der Waals surface area contributed by atoms with E-state index < -0.39 is 9.05 Å². The Morgan fingerprint density at radius 2 is 1.85 bits per heavy atom. The number of hydrogen-bond acceptors (Lipinski definition) is 3. The lowest BCUT2D eigenvalue weighted by Gasteiger charge is -2.11. The molecule has 0 aliphatic carbocycles. The molecule has 0 saturated heterocycles. The number of ether oxygens (including phenoxy) is 1. The summed E-state index contributed by atoms with van der Waals surface area (Å²) >= 11 is 5.79. The highest BCUT2D eigenvalue weighted by atomic mass is 35.7. The van der Waals surface area contributed by atoms with Crippen LogP contribution in [0.25, 0.3) is 0 Å². The molecule has 3 nitrogen and oxygen atoms in total. The molecule has 0 radical (unpaired) electrons. The minimum Gasteiger partial charge on any atom is -0.487 e. The Hall–Kier alpha value is -1.23. The number of rotatable bonds is 4. The van der Waals surface area contributed by atoms with E-state index in [0.29, 0.717) is 0 Å². The van der Waals surface area contributed by atoms with Gasteiger partial charge in [-0.1, -0.05) is 35.9 Å². The van der Waals surface area contributed by atoms with Gasteiger partial charge in [-0.05, 0) is 36.2 Å². The van der Waals surface area contributed by atoms with Gasteiger partial charge in [-0.25, -0.2) is 8.42 Å². The van der Waals surface area contributed by atoms with Gasteiger partial charge in [0.2, 0.25) is 0 Å². The minimum absolute atomic E-state index is 0.125. The molecule has 20 heavy (non-hydrogen) atoms. The van der Waals surface area contributed by atoms with E-state index in [1.807, 2.05) is 31.2 Å². The van der Waals surface area contributed by atoms with Crippen LogP contribution in [0.3, 0.4) is 0 Å². The van der Waals surface area contributed by atoms with E-state index in [0.717, 1.165) is 11.1 Å². The highest BCUT2D eigenvalue weighted by molar-refractivity contribution is 8.13. The summed E-state index contributed by atoms with van der Waals surface area (Å²) in [5.41, 5.74) is 2.04. The van der Waals surface area contributed by atoms with Crippen molar-refractivity contribution in [2.75, 3.05) is 0 Å². The average Bonchev–Trinajstić information content (AvgIpc) is 2.38. The Bertz CT molecular complexity index is 727. The minimum atomic E-state index is -3.91. The maximum atomic E-state index is 11.5. The monoisotopic (exact) mass is 330 g/mol. The SMILES string of the molecule is Cc1ccccc1COc1ccc(Cl)cc1S(=O)(=O)Cl. The fourth-order valence-corrected chi connectivity index (χ4v) is 2.95. The van der Waals surface area contributed by atoms with Crippen molar-refractivity contribution in [2.45, 2.75) is 18.4 Å². The largest absolute Gasteiger partial charge is 0.487 e. The Kier molecular flexibility index (Phi) is 4.58. The van der Waals surface area contributed by atoms with E-state index in [4.69, 9.17) is 27.0 Å². The zero-order chi connectivity index (χ0) is 14.8. The standard InChI is InChI=1S/C14H12Cl2O3S/c1-10-4-2-3-5-11(10)9-19-13-7-6-12(15)8-14(13)20(16,17)18/h2-8H,9H2,1H3. The van der Waals surface area contributed by atoms with Crippen LogP contribution in [-0.2, 0) is 15.7 Å². The quantitative estimate of drug-likeness (QED) is 0.790. The van der Waals surface area contributed by atoms with Crippen LogP contribution >= 0.6 is 22.3 Å². The lowest BCUT2D eigenvalue weighted by molar-refractivity contribution is 0.297. The molecule has 0 unspecified atom stereocenters. The molecule has 106 valence electrons. The summed E-state index contributed by atoms with van der Waals surface area (Å²) in [6.45, 7) is 2.22. The first-order valence-electron chi connectivity index (χ1n) is 5.79. The molecule has 0 heterocycles. The predicted molar refractivity (Wildman–Crippen MR) is 80.0 cm³/mol. The number of halogens is 2. The summed E-state index contributed by atoms with van der Waals surface area (Å²) in [5, 5.41) is 0.285. The molecule has 2 aromatic rings. The van der Waals surface area contributed by atoms with Gasteiger partial charge < -0.3 is 4.74 Å². The second kappa shape index (κ2) is 6.04. The normalized spacial score (nSPS) is 11.3. The number of hydrogen-bond donors (Lipinski definition) is 0. The zero-order valence-corrected chi connectivity index (χ0v) is 13.0. The Morgan fingerprint density at radius 1 is 1.15 bits per heavy atom. The Morgan fingerprint density at radius 3 is 2.50 bits per heavy atom. The average molecular weight is 331 g/mol. The van der Waals surface area contributed by atoms with E-state index in [-0.39, 0.29) is 22.3 Å². The van der Waals surface area contributed by atoms with Gasteiger partial charge in [-0.2, -0.15) is 0 Å². The van der Waals surface area contributed by atoms with Crippen molar-refractivity contribution in [3.8, 4) is 5.75 Å². The van der Waals surface area contributed by atoms with Gasteiger partial charge >= 0.3 is 0 Å². The summed E-state index contributed by atoms with van der Waals surface area (Å²) in [5.74, 6) is 0.188. The highest BCUT2D eigenvalue weighted by Crippen LogP contribution is 2.30. The Balaban J connectivity index is 2.29. The van der Waals surface area contributed by atoms with E-state index in [2.05, 4.69) is 0 Å². The fraction of sp³-hybridized carbons (Fsp3) is 0.143. The first-order chi connectivity index (χ1) is 9.38. The molecule has 0 N–H and O–H groups in total. The summed E-state index contributed by atoms with van der Waals surface area (Å²) in [6.07, 6.45) is 0. The van der Waals surface area contributed by atoms with E-state index >= 15 is 0 Å². The molecule has 2 aromatic carbocycles. The van der Waals surface area contributed by atoms with Gasteiger partial charge in [-0.3, -0.25) is 0 Å². The van der Waals surface area contributed by atoms with Gasteiger partial charge in [0.25, 0.3) is 9.05 Å². The summed E-state index contributed by atoms with van der Waals surface area (Å²) < 4.78 is 28.6. The molecule has 0 aromatic heterocycles. The van der Waals surface area contributed by atoms with Crippen LogP contribution in [0.4, 0.5) is 0 Å². The summed E-state index contributed by atoms with van der Waals surface area (Å²) in [6, 6.07) is 12.0. The van der Waals surface area contributed by atoms with Gasteiger partial charge in [0.1, 0.15) is 17.3 Å². The second-order valence-corrected chi connectivity index (χ2v) is 7.21. The van der Waals surface area contributed by atoms with Crippen molar-refractivity contribution in [2.24, 2.45) is 0 Å². The number of benzene rings is 2.